The Labute approximate surface area is 84.1 Å². The van der Waals surface area contributed by atoms with Gasteiger partial charge in [0.25, 0.3) is 5.24 Å². The summed E-state index contributed by atoms with van der Waals surface area (Å²) in [5.41, 5.74) is 12.9. The van der Waals surface area contributed by atoms with Gasteiger partial charge in [-0.05, 0) is 23.7 Å². The molecule has 1 heterocycles. The van der Waals surface area contributed by atoms with Crippen LogP contribution in [-0.4, -0.2) is 15.2 Å². The second kappa shape index (κ2) is 2.88. The van der Waals surface area contributed by atoms with Crippen LogP contribution in [0.2, 0.25) is 0 Å². The van der Waals surface area contributed by atoms with Crippen LogP contribution in [0.25, 0.3) is 11.0 Å². The third-order valence-electron chi connectivity index (χ3n) is 1.86. The topological polar surface area (TPSA) is 97.8 Å². The lowest BCUT2D eigenvalue weighted by Crippen LogP contribution is -1.93. The molecule has 0 amide bonds. The molecule has 0 unspecified atom stereocenters. The van der Waals surface area contributed by atoms with Crippen LogP contribution in [0.3, 0.4) is 0 Å². The van der Waals surface area contributed by atoms with Gasteiger partial charge in [-0.15, -0.1) is 0 Å². The fourth-order valence-corrected chi connectivity index (χ4v) is 1.39. The van der Waals surface area contributed by atoms with Gasteiger partial charge in [0.15, 0.2) is 5.95 Å². The number of aromatic amines is 1. The monoisotopic (exact) mass is 210 g/mol. The van der Waals surface area contributed by atoms with Crippen molar-refractivity contribution >= 4 is 39.5 Å². The molecule has 2 aromatic rings. The second-order valence-corrected chi connectivity index (χ2v) is 3.20. The van der Waals surface area contributed by atoms with E-state index in [4.69, 9.17) is 23.1 Å². The number of nitrogen functional groups attached to an aromatic ring is 2. The molecular weight excluding hydrogens is 204 g/mol. The number of anilines is 2. The fraction of sp³-hybridized carbons (Fsp3) is 0. The molecule has 0 spiro atoms. The van der Waals surface area contributed by atoms with E-state index in [9.17, 15) is 4.79 Å². The second-order valence-electron chi connectivity index (χ2n) is 2.86. The Kier molecular flexibility index (Phi) is 1.82. The summed E-state index contributed by atoms with van der Waals surface area (Å²) in [7, 11) is 0. The molecule has 0 aliphatic carbocycles. The van der Waals surface area contributed by atoms with Crippen LogP contribution in [-0.2, 0) is 0 Å². The molecule has 5 N–H and O–H groups in total. The number of aromatic nitrogens is 2. The predicted octanol–water partition coefficient (Wildman–Crippen LogP) is 1.11. The fourth-order valence-electron chi connectivity index (χ4n) is 1.28. The number of nitrogens with zero attached hydrogens (tertiary/aromatic N) is 1. The van der Waals surface area contributed by atoms with Crippen LogP contribution in [0.1, 0.15) is 10.4 Å². The summed E-state index contributed by atoms with van der Waals surface area (Å²) in [6.07, 6.45) is 0. The van der Waals surface area contributed by atoms with Crippen molar-refractivity contribution < 1.29 is 4.79 Å². The number of nitrogens with two attached hydrogens (primary N) is 2. The van der Waals surface area contributed by atoms with Crippen molar-refractivity contribution in [2.45, 2.75) is 0 Å². The highest BCUT2D eigenvalue weighted by Gasteiger charge is 2.09. The van der Waals surface area contributed by atoms with Crippen molar-refractivity contribution in [2.75, 3.05) is 11.5 Å². The van der Waals surface area contributed by atoms with E-state index in [1.165, 1.54) is 6.07 Å². The summed E-state index contributed by atoms with van der Waals surface area (Å²) < 4.78 is 0. The first-order chi connectivity index (χ1) is 6.58. The summed E-state index contributed by atoms with van der Waals surface area (Å²) in [5, 5.41) is -0.563. The Morgan fingerprint density at radius 1 is 1.43 bits per heavy atom. The van der Waals surface area contributed by atoms with Gasteiger partial charge in [0, 0.05) is 5.56 Å². The van der Waals surface area contributed by atoms with E-state index in [1.807, 2.05) is 0 Å². The molecule has 14 heavy (non-hydrogen) atoms. The Morgan fingerprint density at radius 2 is 2.14 bits per heavy atom. The Hall–Kier alpha value is -1.75. The molecule has 0 aliphatic rings. The van der Waals surface area contributed by atoms with Gasteiger partial charge in [0.2, 0.25) is 0 Å². The van der Waals surface area contributed by atoms with E-state index >= 15 is 0 Å². The molecule has 2 rings (SSSR count). The number of halogens is 1. The number of hydrogen-bond donors (Lipinski definition) is 3. The van der Waals surface area contributed by atoms with Gasteiger partial charge >= 0.3 is 0 Å². The van der Waals surface area contributed by atoms with E-state index in [0.717, 1.165) is 0 Å². The molecule has 1 aromatic heterocycles. The van der Waals surface area contributed by atoms with Crippen molar-refractivity contribution in [1.82, 2.24) is 9.97 Å². The maximum Gasteiger partial charge on any atom is 0.252 e. The summed E-state index contributed by atoms with van der Waals surface area (Å²) in [4.78, 5) is 17.6. The van der Waals surface area contributed by atoms with Crippen LogP contribution in [0.15, 0.2) is 12.1 Å². The Morgan fingerprint density at radius 3 is 2.79 bits per heavy atom. The van der Waals surface area contributed by atoms with Gasteiger partial charge in [-0.1, -0.05) is 0 Å². The number of hydrogen-bond acceptors (Lipinski definition) is 4. The maximum atomic E-state index is 10.9. The summed E-state index contributed by atoms with van der Waals surface area (Å²) in [6.45, 7) is 0. The summed E-state index contributed by atoms with van der Waals surface area (Å²) in [5.74, 6) is 0.255. The number of carbonyl (C=O) groups excluding carboxylic acids is 1. The normalized spacial score (nSPS) is 10.6. The molecule has 0 saturated heterocycles. The lowest BCUT2D eigenvalue weighted by atomic mass is 10.2. The standard InChI is InChI=1S/C8H7ClN4O/c9-7(14)3-1-4(10)6-5(2-3)12-8(11)13-6/h1-2H,10H2,(H3,11,12,13). The van der Waals surface area contributed by atoms with E-state index < -0.39 is 5.24 Å². The van der Waals surface area contributed by atoms with Crippen LogP contribution in [0, 0.1) is 0 Å². The van der Waals surface area contributed by atoms with Crippen molar-refractivity contribution in [1.29, 1.82) is 0 Å². The van der Waals surface area contributed by atoms with E-state index in [-0.39, 0.29) is 5.95 Å². The molecule has 6 heteroatoms. The smallest absolute Gasteiger partial charge is 0.252 e. The minimum absolute atomic E-state index is 0.255. The highest BCUT2D eigenvalue weighted by atomic mass is 35.5. The number of carbonyl (C=O) groups is 1. The van der Waals surface area contributed by atoms with Crippen LogP contribution in [0.5, 0.6) is 0 Å². The summed E-state index contributed by atoms with van der Waals surface area (Å²) in [6, 6.07) is 3.03. The van der Waals surface area contributed by atoms with Gasteiger partial charge in [0.1, 0.15) is 5.52 Å². The average Bonchev–Trinajstić information content (AvgIpc) is 2.45. The quantitative estimate of drug-likeness (QED) is 0.485. The predicted molar refractivity (Wildman–Crippen MR) is 55.1 cm³/mol. The third kappa shape index (κ3) is 1.27. The maximum absolute atomic E-state index is 10.9. The van der Waals surface area contributed by atoms with Crippen LogP contribution < -0.4 is 11.5 Å². The number of fused-ring (bicyclic) bond motifs is 1. The zero-order valence-corrected chi connectivity index (χ0v) is 7.80. The number of benzene rings is 1. The van der Waals surface area contributed by atoms with Crippen LogP contribution >= 0.6 is 11.6 Å². The Balaban J connectivity index is 2.77. The third-order valence-corrected chi connectivity index (χ3v) is 2.08. The van der Waals surface area contributed by atoms with Gasteiger partial charge in [-0.2, -0.15) is 0 Å². The van der Waals surface area contributed by atoms with Gasteiger partial charge in [-0.3, -0.25) is 4.79 Å². The van der Waals surface area contributed by atoms with Crippen LogP contribution in [0.4, 0.5) is 11.6 Å². The molecule has 0 fully saturated rings. The van der Waals surface area contributed by atoms with Crippen molar-refractivity contribution in [3.63, 3.8) is 0 Å². The number of H-pyrrole nitrogens is 1. The lowest BCUT2D eigenvalue weighted by Gasteiger charge is -1.97. The van der Waals surface area contributed by atoms with E-state index in [0.29, 0.717) is 22.3 Å². The molecule has 0 saturated carbocycles. The first kappa shape index (κ1) is 8.83. The molecule has 72 valence electrons. The SMILES string of the molecule is Nc1nc2c(N)cc(C(=O)Cl)cc2[nH]1. The van der Waals surface area contributed by atoms with Crippen molar-refractivity contribution in [2.24, 2.45) is 0 Å². The summed E-state index contributed by atoms with van der Waals surface area (Å²) >= 11 is 5.32. The van der Waals surface area contributed by atoms with E-state index in [2.05, 4.69) is 9.97 Å². The van der Waals surface area contributed by atoms with Gasteiger partial charge in [-0.25, -0.2) is 4.98 Å². The van der Waals surface area contributed by atoms with Gasteiger partial charge < -0.3 is 16.5 Å². The molecule has 0 aliphatic heterocycles. The highest BCUT2D eigenvalue weighted by molar-refractivity contribution is 6.67. The van der Waals surface area contributed by atoms with Gasteiger partial charge in [0.05, 0.1) is 11.2 Å². The minimum atomic E-state index is -0.563. The minimum Gasteiger partial charge on any atom is -0.397 e. The zero-order chi connectivity index (χ0) is 10.3. The Bertz CT molecular complexity index is 519. The number of rotatable bonds is 1. The lowest BCUT2D eigenvalue weighted by molar-refractivity contribution is 0.108. The molecule has 0 atom stereocenters. The van der Waals surface area contributed by atoms with E-state index in [1.54, 1.807) is 6.07 Å². The first-order valence-electron chi connectivity index (χ1n) is 3.82. The molecular formula is C8H7ClN4O. The zero-order valence-electron chi connectivity index (χ0n) is 7.04. The molecule has 0 bridgehead atoms. The molecule has 0 radical (unpaired) electrons. The van der Waals surface area contributed by atoms with Crippen molar-refractivity contribution in [3.8, 4) is 0 Å². The number of imidazole rings is 1. The number of nitrogens with one attached hydrogen (secondary N) is 1. The average molecular weight is 211 g/mol. The molecule has 5 nitrogen and oxygen atoms in total. The highest BCUT2D eigenvalue weighted by Crippen LogP contribution is 2.22. The van der Waals surface area contributed by atoms with Crippen molar-refractivity contribution in [3.05, 3.63) is 17.7 Å². The molecule has 1 aromatic carbocycles. The first-order valence-corrected chi connectivity index (χ1v) is 4.20. The largest absolute Gasteiger partial charge is 0.397 e.